The summed E-state index contributed by atoms with van der Waals surface area (Å²) >= 11 is 0. The molecule has 1 aromatic rings. The van der Waals surface area contributed by atoms with Gasteiger partial charge in [-0.3, -0.25) is 19.2 Å². The lowest BCUT2D eigenvalue weighted by Gasteiger charge is -2.41. The number of benzene rings is 1. The highest BCUT2D eigenvalue weighted by molar-refractivity contribution is 5.90. The zero-order valence-electron chi connectivity index (χ0n) is 35.1. The Labute approximate surface area is 324 Å². The summed E-state index contributed by atoms with van der Waals surface area (Å²) in [6.07, 6.45) is 1.08. The minimum absolute atomic E-state index is 0.00665. The number of amides is 4. The molecular formula is C41H69N5O8. The Balaban J connectivity index is 2.28. The van der Waals surface area contributed by atoms with Crippen molar-refractivity contribution in [3.8, 4) is 0 Å². The SMILES string of the molecule is CC[C@H](C)[C@@H]([C@@H](CC(=O)N1CCC[C@H]1[C@H](OC)[C@@H](C)C(=O)N[C@@H](Cc1ccccc1)C(=O)OC)OC)N(C)C(=O)[C@@H](NC(=O)C(C)(C)CN(C)C)C(C)C. The third-order valence-electron chi connectivity index (χ3n) is 10.9. The Morgan fingerprint density at radius 3 is 2.09 bits per heavy atom. The van der Waals surface area contributed by atoms with Gasteiger partial charge in [0.1, 0.15) is 12.1 Å². The number of methoxy groups -OCH3 is 3. The first-order valence-electron chi connectivity index (χ1n) is 19.3. The molecule has 4 amide bonds. The second kappa shape index (κ2) is 21.5. The van der Waals surface area contributed by atoms with Gasteiger partial charge in [-0.1, -0.05) is 71.4 Å². The van der Waals surface area contributed by atoms with Gasteiger partial charge >= 0.3 is 5.97 Å². The molecule has 0 spiro atoms. The maximum atomic E-state index is 14.2. The smallest absolute Gasteiger partial charge is 0.328 e. The molecule has 8 atom stereocenters. The predicted molar refractivity (Wildman–Crippen MR) is 209 cm³/mol. The summed E-state index contributed by atoms with van der Waals surface area (Å²) in [4.78, 5) is 73.5. The molecule has 13 nitrogen and oxygen atoms in total. The molecule has 0 aromatic heterocycles. The molecule has 2 N–H and O–H groups in total. The molecule has 54 heavy (non-hydrogen) atoms. The number of hydrogen-bond donors (Lipinski definition) is 2. The maximum Gasteiger partial charge on any atom is 0.328 e. The standard InChI is InChI=1S/C41H69N5O8/c1-14-27(4)35(45(10)38(49)34(26(2)3)43-40(51)41(6,7)25-44(8)9)32(52-11)24-33(47)46-22-18-21-31(46)36(53-12)28(5)37(48)42-30(39(50)54-13)23-29-19-16-15-17-20-29/h15-17,19-20,26-28,30-32,34-36H,14,18,21-25H2,1-13H3,(H,42,48)(H,43,51)/t27-,28+,30-,31-,32+,34-,35-,36+/m0/s1. The van der Waals surface area contributed by atoms with Crippen LogP contribution < -0.4 is 10.6 Å². The fraction of sp³-hybridized carbons (Fsp3) is 0.732. The van der Waals surface area contributed by atoms with Crippen molar-refractivity contribution in [3.05, 3.63) is 35.9 Å². The number of ether oxygens (including phenoxy) is 3. The summed E-state index contributed by atoms with van der Waals surface area (Å²) in [6.45, 7) is 14.4. The van der Waals surface area contributed by atoms with Crippen LogP contribution in [-0.4, -0.2) is 136 Å². The second-order valence-electron chi connectivity index (χ2n) is 16.2. The number of carbonyl (C=O) groups excluding carboxylic acids is 5. The van der Waals surface area contributed by atoms with Crippen molar-refractivity contribution in [2.24, 2.45) is 23.2 Å². The molecule has 1 saturated heterocycles. The Morgan fingerprint density at radius 2 is 1.57 bits per heavy atom. The second-order valence-corrected chi connectivity index (χ2v) is 16.2. The van der Waals surface area contributed by atoms with Gasteiger partial charge in [0.2, 0.25) is 23.6 Å². The Morgan fingerprint density at radius 1 is 0.944 bits per heavy atom. The third kappa shape index (κ3) is 12.5. The minimum Gasteiger partial charge on any atom is -0.467 e. The van der Waals surface area contributed by atoms with E-state index in [2.05, 4.69) is 10.6 Å². The third-order valence-corrected chi connectivity index (χ3v) is 10.9. The summed E-state index contributed by atoms with van der Waals surface area (Å²) in [7, 11) is 9.91. The van der Waals surface area contributed by atoms with E-state index >= 15 is 0 Å². The molecule has 0 radical (unpaired) electrons. The van der Waals surface area contributed by atoms with E-state index < -0.39 is 47.6 Å². The Bertz CT molecular complexity index is 1370. The van der Waals surface area contributed by atoms with Gasteiger partial charge in [0.15, 0.2) is 0 Å². The Kier molecular flexibility index (Phi) is 18.6. The largest absolute Gasteiger partial charge is 0.467 e. The van der Waals surface area contributed by atoms with Gasteiger partial charge in [0.05, 0.1) is 49.2 Å². The number of esters is 1. The van der Waals surface area contributed by atoms with Crippen molar-refractivity contribution < 1.29 is 38.2 Å². The normalized spacial score (nSPS) is 18.6. The molecule has 1 aliphatic heterocycles. The van der Waals surface area contributed by atoms with E-state index in [4.69, 9.17) is 14.2 Å². The maximum absolute atomic E-state index is 14.2. The monoisotopic (exact) mass is 760 g/mol. The number of nitrogens with zero attached hydrogens (tertiary/aromatic N) is 3. The quantitative estimate of drug-likeness (QED) is 0.180. The predicted octanol–water partition coefficient (Wildman–Crippen LogP) is 3.54. The summed E-state index contributed by atoms with van der Waals surface area (Å²) in [5, 5.41) is 5.89. The summed E-state index contributed by atoms with van der Waals surface area (Å²) < 4.78 is 16.9. The number of rotatable bonds is 21. The Hall–Kier alpha value is -3.55. The van der Waals surface area contributed by atoms with Crippen LogP contribution in [0.5, 0.6) is 0 Å². The van der Waals surface area contributed by atoms with E-state index in [-0.39, 0.29) is 54.3 Å². The van der Waals surface area contributed by atoms with Crippen molar-refractivity contribution >= 4 is 29.6 Å². The molecule has 13 heteroatoms. The first kappa shape index (κ1) is 46.6. The first-order valence-corrected chi connectivity index (χ1v) is 19.3. The summed E-state index contributed by atoms with van der Waals surface area (Å²) in [6, 6.07) is 6.87. The van der Waals surface area contributed by atoms with Gasteiger partial charge < -0.3 is 39.5 Å². The van der Waals surface area contributed by atoms with Gasteiger partial charge in [-0.05, 0) is 58.2 Å². The zero-order chi connectivity index (χ0) is 40.9. The van der Waals surface area contributed by atoms with Gasteiger partial charge in [-0.25, -0.2) is 4.79 Å². The molecular weight excluding hydrogens is 690 g/mol. The minimum atomic E-state index is -0.890. The van der Waals surface area contributed by atoms with Crippen LogP contribution in [0.2, 0.25) is 0 Å². The lowest BCUT2D eigenvalue weighted by Crippen LogP contribution is -2.59. The molecule has 1 heterocycles. The van der Waals surface area contributed by atoms with E-state index in [0.717, 1.165) is 18.4 Å². The molecule has 0 aliphatic carbocycles. The van der Waals surface area contributed by atoms with Crippen molar-refractivity contribution in [2.75, 3.05) is 55.6 Å². The number of nitrogens with one attached hydrogen (secondary N) is 2. The highest BCUT2D eigenvalue weighted by Crippen LogP contribution is 2.30. The molecule has 1 aromatic carbocycles. The average molecular weight is 760 g/mol. The average Bonchev–Trinajstić information content (AvgIpc) is 3.61. The van der Waals surface area contributed by atoms with E-state index in [1.165, 1.54) is 14.2 Å². The van der Waals surface area contributed by atoms with Gasteiger partial charge in [-0.15, -0.1) is 0 Å². The lowest BCUT2D eigenvalue weighted by molar-refractivity contribution is -0.149. The van der Waals surface area contributed by atoms with Crippen LogP contribution in [0.25, 0.3) is 0 Å². The molecule has 306 valence electrons. The topological polar surface area (TPSA) is 147 Å². The van der Waals surface area contributed by atoms with E-state index in [0.29, 0.717) is 19.5 Å². The van der Waals surface area contributed by atoms with Crippen molar-refractivity contribution in [2.45, 2.75) is 117 Å². The van der Waals surface area contributed by atoms with Gasteiger partial charge in [0, 0.05) is 40.8 Å². The zero-order valence-corrected chi connectivity index (χ0v) is 35.1. The molecule has 1 fully saturated rings. The van der Waals surface area contributed by atoms with Crippen LogP contribution in [0.3, 0.4) is 0 Å². The summed E-state index contributed by atoms with van der Waals surface area (Å²) in [5.74, 6) is -2.45. The molecule has 0 unspecified atom stereocenters. The van der Waals surface area contributed by atoms with Crippen molar-refractivity contribution in [1.82, 2.24) is 25.3 Å². The number of likely N-dealkylation sites (N-methyl/N-ethyl adjacent to an activating group) is 1. The van der Waals surface area contributed by atoms with Crippen LogP contribution in [0, 0.1) is 23.2 Å². The highest BCUT2D eigenvalue weighted by Gasteiger charge is 2.43. The molecule has 0 saturated carbocycles. The van der Waals surface area contributed by atoms with E-state index in [1.54, 1.807) is 30.9 Å². The fourth-order valence-electron chi connectivity index (χ4n) is 7.73. The van der Waals surface area contributed by atoms with Gasteiger partial charge in [0.25, 0.3) is 0 Å². The number of hydrogen-bond acceptors (Lipinski definition) is 9. The van der Waals surface area contributed by atoms with Crippen LogP contribution in [0.15, 0.2) is 30.3 Å². The van der Waals surface area contributed by atoms with Crippen LogP contribution in [0.1, 0.15) is 79.7 Å². The first-order chi connectivity index (χ1) is 25.3. The highest BCUT2D eigenvalue weighted by atomic mass is 16.5. The molecule has 1 aliphatic rings. The van der Waals surface area contributed by atoms with Crippen molar-refractivity contribution in [3.63, 3.8) is 0 Å². The van der Waals surface area contributed by atoms with Crippen LogP contribution >= 0.6 is 0 Å². The van der Waals surface area contributed by atoms with Crippen molar-refractivity contribution in [1.29, 1.82) is 0 Å². The van der Waals surface area contributed by atoms with Crippen LogP contribution in [0.4, 0.5) is 0 Å². The molecule has 2 rings (SSSR count). The van der Waals surface area contributed by atoms with Crippen LogP contribution in [-0.2, 0) is 44.6 Å². The van der Waals surface area contributed by atoms with Gasteiger partial charge in [-0.2, -0.15) is 0 Å². The molecule has 0 bridgehead atoms. The summed E-state index contributed by atoms with van der Waals surface area (Å²) in [5.41, 5.74) is 0.156. The lowest BCUT2D eigenvalue weighted by atomic mass is 9.88. The number of likely N-dealkylation sites (tertiary alicyclic amines) is 1. The van der Waals surface area contributed by atoms with E-state index in [1.807, 2.05) is 90.9 Å². The fourth-order valence-corrected chi connectivity index (χ4v) is 7.73. The van der Waals surface area contributed by atoms with E-state index in [9.17, 15) is 24.0 Å². The number of carbonyl (C=O) groups is 5.